The number of rotatable bonds is 8. The van der Waals surface area contributed by atoms with E-state index in [1.54, 1.807) is 50.4 Å². The average molecular weight is 479 g/mol. The lowest BCUT2D eigenvalue weighted by Gasteiger charge is -2.23. The zero-order valence-corrected chi connectivity index (χ0v) is 20.0. The highest BCUT2D eigenvalue weighted by Crippen LogP contribution is 2.39. The minimum absolute atomic E-state index is 0.0314. The number of carbonyl (C=O) groups is 1. The number of amides is 1. The standard InChI is InChI=1S/C24H25N5O6/c1-14-10-21(30)29-24(25-14)26-20(27-29)13-28(16-6-8-17(32-2)9-7-16)23(31)15-11-18(33-3)22(35-5)19(12-15)34-4/h6-12H,13H2,1-5H3,(H,25,26,27). The fourth-order valence-electron chi connectivity index (χ4n) is 3.66. The summed E-state index contributed by atoms with van der Waals surface area (Å²) in [4.78, 5) is 36.3. The number of carbonyl (C=O) groups excluding carboxylic acids is 1. The highest BCUT2D eigenvalue weighted by atomic mass is 16.5. The van der Waals surface area contributed by atoms with E-state index in [2.05, 4.69) is 15.1 Å². The molecule has 4 aromatic rings. The maximum atomic E-state index is 13.8. The number of fused-ring (bicyclic) bond motifs is 1. The number of aryl methyl sites for hydroxylation is 1. The Morgan fingerprint density at radius 2 is 1.60 bits per heavy atom. The van der Waals surface area contributed by atoms with Gasteiger partial charge in [-0.2, -0.15) is 9.50 Å². The molecule has 0 atom stereocenters. The molecule has 11 nitrogen and oxygen atoms in total. The van der Waals surface area contributed by atoms with Crippen molar-refractivity contribution in [1.29, 1.82) is 0 Å². The number of nitrogens with one attached hydrogen (secondary N) is 1. The highest BCUT2D eigenvalue weighted by Gasteiger charge is 2.24. The number of H-pyrrole nitrogens is 1. The number of aromatic amines is 1. The summed E-state index contributed by atoms with van der Waals surface area (Å²) in [5, 5.41) is 2.93. The molecule has 0 saturated heterocycles. The van der Waals surface area contributed by atoms with Gasteiger partial charge in [-0.3, -0.25) is 14.7 Å². The van der Waals surface area contributed by atoms with Crippen molar-refractivity contribution in [3.63, 3.8) is 0 Å². The second-order valence-corrected chi connectivity index (χ2v) is 7.54. The molecule has 0 radical (unpaired) electrons. The summed E-state index contributed by atoms with van der Waals surface area (Å²) in [6, 6.07) is 11.6. The summed E-state index contributed by atoms with van der Waals surface area (Å²) in [6.45, 7) is 1.75. The molecule has 0 unspecified atom stereocenters. The monoisotopic (exact) mass is 479 g/mol. The van der Waals surface area contributed by atoms with Crippen molar-refractivity contribution in [2.24, 2.45) is 0 Å². The molecule has 2 aromatic carbocycles. The number of methoxy groups -OCH3 is 4. The Morgan fingerprint density at radius 3 is 2.17 bits per heavy atom. The third-order valence-corrected chi connectivity index (χ3v) is 5.35. The number of aromatic nitrogens is 4. The SMILES string of the molecule is COc1ccc(N(Cc2nc3nc(C)cc(=O)n3[nH]2)C(=O)c2cc(OC)c(OC)c(OC)c2)cc1. The molecular weight excluding hydrogens is 454 g/mol. The number of nitrogens with zero attached hydrogens (tertiary/aromatic N) is 4. The van der Waals surface area contributed by atoms with Gasteiger partial charge < -0.3 is 23.8 Å². The molecule has 2 heterocycles. The maximum absolute atomic E-state index is 13.8. The van der Waals surface area contributed by atoms with Crippen molar-refractivity contribution in [2.45, 2.75) is 13.5 Å². The van der Waals surface area contributed by atoms with Crippen LogP contribution in [0.25, 0.3) is 5.78 Å². The number of ether oxygens (including phenoxy) is 4. The van der Waals surface area contributed by atoms with Gasteiger partial charge in [-0.1, -0.05) is 0 Å². The van der Waals surface area contributed by atoms with Crippen LogP contribution in [0.4, 0.5) is 5.69 Å². The Balaban J connectivity index is 1.80. The van der Waals surface area contributed by atoms with Crippen molar-refractivity contribution in [2.75, 3.05) is 33.3 Å². The molecule has 0 fully saturated rings. The van der Waals surface area contributed by atoms with Crippen molar-refractivity contribution >= 4 is 17.4 Å². The lowest BCUT2D eigenvalue weighted by molar-refractivity contribution is 0.0983. The van der Waals surface area contributed by atoms with Crippen LogP contribution in [0, 0.1) is 6.92 Å². The first-order chi connectivity index (χ1) is 16.9. The summed E-state index contributed by atoms with van der Waals surface area (Å²) in [7, 11) is 6.02. The van der Waals surface area contributed by atoms with E-state index in [4.69, 9.17) is 18.9 Å². The number of hydrogen-bond donors (Lipinski definition) is 1. The van der Waals surface area contributed by atoms with Gasteiger partial charge in [0.25, 0.3) is 17.2 Å². The van der Waals surface area contributed by atoms with Crippen LogP contribution in [0.2, 0.25) is 0 Å². The van der Waals surface area contributed by atoms with Crippen molar-refractivity contribution in [3.05, 3.63) is 69.9 Å². The van der Waals surface area contributed by atoms with Crippen molar-refractivity contribution in [1.82, 2.24) is 19.6 Å². The fourth-order valence-corrected chi connectivity index (χ4v) is 3.66. The molecule has 1 N–H and O–H groups in total. The van der Waals surface area contributed by atoms with Crippen LogP contribution in [-0.4, -0.2) is 53.9 Å². The van der Waals surface area contributed by atoms with Crippen LogP contribution < -0.4 is 29.4 Å². The third-order valence-electron chi connectivity index (χ3n) is 5.35. The molecule has 0 aliphatic heterocycles. The van der Waals surface area contributed by atoms with Gasteiger partial charge in [0.2, 0.25) is 5.75 Å². The Labute approximate surface area is 200 Å². The molecule has 0 aliphatic rings. The lowest BCUT2D eigenvalue weighted by atomic mass is 10.1. The van der Waals surface area contributed by atoms with E-state index >= 15 is 0 Å². The Kier molecular flexibility index (Phi) is 6.58. The summed E-state index contributed by atoms with van der Waals surface area (Å²) in [5.74, 6) is 1.95. The summed E-state index contributed by atoms with van der Waals surface area (Å²) in [5.41, 5.74) is 1.14. The van der Waals surface area contributed by atoms with Gasteiger partial charge in [0.05, 0.1) is 35.0 Å². The van der Waals surface area contributed by atoms with Crippen molar-refractivity contribution in [3.8, 4) is 23.0 Å². The van der Waals surface area contributed by atoms with Crippen LogP contribution in [0.5, 0.6) is 23.0 Å². The van der Waals surface area contributed by atoms with E-state index < -0.39 is 0 Å². The molecule has 182 valence electrons. The van der Waals surface area contributed by atoms with Crippen LogP contribution in [0.15, 0.2) is 47.3 Å². The van der Waals surface area contributed by atoms with E-state index in [0.29, 0.717) is 45.8 Å². The first-order valence-electron chi connectivity index (χ1n) is 10.6. The number of anilines is 1. The lowest BCUT2D eigenvalue weighted by Crippen LogP contribution is -2.31. The fraction of sp³-hybridized carbons (Fsp3) is 0.250. The molecule has 0 aliphatic carbocycles. The Bertz CT molecular complexity index is 1400. The molecule has 11 heteroatoms. The predicted octanol–water partition coefficient (Wildman–Crippen LogP) is 2.61. The molecule has 35 heavy (non-hydrogen) atoms. The number of benzene rings is 2. The molecule has 0 bridgehead atoms. The van der Waals surface area contributed by atoms with Crippen LogP contribution in [0.1, 0.15) is 21.9 Å². The second-order valence-electron chi connectivity index (χ2n) is 7.54. The third kappa shape index (κ3) is 4.60. The molecular formula is C24H25N5O6. The quantitative estimate of drug-likeness (QED) is 0.410. The highest BCUT2D eigenvalue weighted by molar-refractivity contribution is 6.06. The zero-order chi connectivity index (χ0) is 25.1. The first-order valence-corrected chi connectivity index (χ1v) is 10.6. The Hall–Kier alpha value is -4.54. The van der Waals surface area contributed by atoms with Gasteiger partial charge in [-0.15, -0.1) is 0 Å². The van der Waals surface area contributed by atoms with Gasteiger partial charge in [0, 0.05) is 23.0 Å². The van der Waals surface area contributed by atoms with Crippen molar-refractivity contribution < 1.29 is 23.7 Å². The van der Waals surface area contributed by atoms with Gasteiger partial charge in [0.15, 0.2) is 11.5 Å². The van der Waals surface area contributed by atoms with E-state index in [1.807, 2.05) is 0 Å². The predicted molar refractivity (Wildman–Crippen MR) is 128 cm³/mol. The van der Waals surface area contributed by atoms with Gasteiger partial charge in [-0.05, 0) is 43.3 Å². The second kappa shape index (κ2) is 9.75. The van der Waals surface area contributed by atoms with Gasteiger partial charge >= 0.3 is 0 Å². The summed E-state index contributed by atoms with van der Waals surface area (Å²) >= 11 is 0. The molecule has 1 amide bonds. The number of hydrogen-bond acceptors (Lipinski definition) is 8. The van der Waals surface area contributed by atoms with E-state index in [1.165, 1.54) is 36.8 Å². The van der Waals surface area contributed by atoms with Crippen LogP contribution in [-0.2, 0) is 6.54 Å². The molecule has 4 rings (SSSR count). The van der Waals surface area contributed by atoms with E-state index in [9.17, 15) is 9.59 Å². The van der Waals surface area contributed by atoms with E-state index in [0.717, 1.165) is 0 Å². The smallest absolute Gasteiger partial charge is 0.274 e. The topological polar surface area (TPSA) is 120 Å². The first kappa shape index (κ1) is 23.6. The largest absolute Gasteiger partial charge is 0.497 e. The maximum Gasteiger partial charge on any atom is 0.274 e. The molecule has 2 aromatic heterocycles. The van der Waals surface area contributed by atoms with Crippen LogP contribution >= 0.6 is 0 Å². The van der Waals surface area contributed by atoms with Gasteiger partial charge in [0.1, 0.15) is 11.6 Å². The summed E-state index contributed by atoms with van der Waals surface area (Å²) in [6.07, 6.45) is 0. The normalized spacial score (nSPS) is 10.8. The van der Waals surface area contributed by atoms with Crippen LogP contribution in [0.3, 0.4) is 0 Å². The average Bonchev–Trinajstić information content (AvgIpc) is 3.28. The minimum atomic E-state index is -0.355. The zero-order valence-electron chi connectivity index (χ0n) is 20.0. The summed E-state index contributed by atoms with van der Waals surface area (Å²) < 4.78 is 22.7. The van der Waals surface area contributed by atoms with Gasteiger partial charge in [-0.25, -0.2) is 4.98 Å². The molecule has 0 spiro atoms. The Morgan fingerprint density at radius 1 is 0.943 bits per heavy atom. The minimum Gasteiger partial charge on any atom is -0.497 e. The van der Waals surface area contributed by atoms with E-state index in [-0.39, 0.29) is 23.8 Å². The molecule has 0 saturated carbocycles.